The van der Waals surface area contributed by atoms with Crippen LogP contribution in [0.4, 0.5) is 11.4 Å². The topological polar surface area (TPSA) is 64.4 Å². The molecule has 3 aromatic carbocycles. The SMILES string of the molecule is Nc1ccc(/C=C/C(=O)Nc2ccc(OCc3ccc(Cl)cc3)cc2)cc1. The molecule has 3 rings (SSSR count). The lowest BCUT2D eigenvalue weighted by molar-refractivity contribution is -0.111. The van der Waals surface area contributed by atoms with Crippen LogP contribution in [0.2, 0.25) is 5.02 Å². The summed E-state index contributed by atoms with van der Waals surface area (Å²) in [5.41, 5.74) is 8.96. The van der Waals surface area contributed by atoms with Gasteiger partial charge in [0.2, 0.25) is 5.91 Å². The maximum absolute atomic E-state index is 12.0. The van der Waals surface area contributed by atoms with E-state index in [9.17, 15) is 4.79 Å². The number of carbonyl (C=O) groups excluding carboxylic acids is 1. The first-order valence-electron chi connectivity index (χ1n) is 8.40. The molecule has 0 unspecified atom stereocenters. The molecule has 1 amide bonds. The molecule has 0 aliphatic carbocycles. The van der Waals surface area contributed by atoms with Crippen molar-refractivity contribution < 1.29 is 9.53 Å². The summed E-state index contributed by atoms with van der Waals surface area (Å²) in [5.74, 6) is 0.516. The number of nitrogens with one attached hydrogen (secondary N) is 1. The second-order valence-electron chi connectivity index (χ2n) is 5.93. The van der Waals surface area contributed by atoms with Gasteiger partial charge in [-0.05, 0) is 65.7 Å². The Labute approximate surface area is 163 Å². The van der Waals surface area contributed by atoms with Crippen molar-refractivity contribution in [2.75, 3.05) is 11.1 Å². The molecule has 0 spiro atoms. The van der Waals surface area contributed by atoms with E-state index in [1.807, 2.05) is 48.5 Å². The quantitative estimate of drug-likeness (QED) is 0.460. The van der Waals surface area contributed by atoms with Crippen molar-refractivity contribution >= 4 is 35.0 Å². The number of carbonyl (C=O) groups is 1. The first-order valence-corrected chi connectivity index (χ1v) is 8.78. The Morgan fingerprint density at radius 3 is 2.30 bits per heavy atom. The predicted molar refractivity (Wildman–Crippen MR) is 111 cm³/mol. The molecule has 0 fully saturated rings. The van der Waals surface area contributed by atoms with E-state index in [0.717, 1.165) is 16.9 Å². The number of nitrogen functional groups attached to an aromatic ring is 1. The summed E-state index contributed by atoms with van der Waals surface area (Å²) >= 11 is 5.87. The first-order chi connectivity index (χ1) is 13.1. The molecule has 3 aromatic rings. The Morgan fingerprint density at radius 2 is 1.63 bits per heavy atom. The minimum absolute atomic E-state index is 0.207. The number of ether oxygens (including phenoxy) is 1. The van der Waals surface area contributed by atoms with Crippen LogP contribution in [0.15, 0.2) is 78.9 Å². The summed E-state index contributed by atoms with van der Waals surface area (Å²) in [7, 11) is 0. The van der Waals surface area contributed by atoms with Crippen LogP contribution in [0.1, 0.15) is 11.1 Å². The molecule has 0 aliphatic rings. The lowest BCUT2D eigenvalue weighted by Crippen LogP contribution is -2.07. The summed E-state index contributed by atoms with van der Waals surface area (Å²) in [6.07, 6.45) is 3.22. The van der Waals surface area contributed by atoms with Gasteiger partial charge in [-0.3, -0.25) is 4.79 Å². The van der Waals surface area contributed by atoms with E-state index in [1.54, 1.807) is 30.3 Å². The number of hydrogen-bond donors (Lipinski definition) is 2. The summed E-state index contributed by atoms with van der Waals surface area (Å²) in [5, 5.41) is 3.51. The van der Waals surface area contributed by atoms with Gasteiger partial charge in [-0.1, -0.05) is 35.9 Å². The van der Waals surface area contributed by atoms with Crippen LogP contribution < -0.4 is 15.8 Å². The maximum atomic E-state index is 12.0. The molecule has 4 nitrogen and oxygen atoms in total. The molecule has 0 atom stereocenters. The largest absolute Gasteiger partial charge is 0.489 e. The average Bonchev–Trinajstić information content (AvgIpc) is 2.68. The lowest BCUT2D eigenvalue weighted by Gasteiger charge is -2.08. The number of anilines is 2. The number of amides is 1. The standard InChI is InChI=1S/C22H19ClN2O2/c23-18-6-1-17(2-7-18)15-27-21-12-10-20(11-13-21)25-22(26)14-5-16-3-8-19(24)9-4-16/h1-14H,15,24H2,(H,25,26)/b14-5+. The van der Waals surface area contributed by atoms with Gasteiger partial charge in [0, 0.05) is 22.5 Å². The highest BCUT2D eigenvalue weighted by atomic mass is 35.5. The molecular formula is C22H19ClN2O2. The fraction of sp³-hybridized carbons (Fsp3) is 0.0455. The molecule has 0 aliphatic heterocycles. The van der Waals surface area contributed by atoms with Crippen molar-refractivity contribution in [2.24, 2.45) is 0 Å². The summed E-state index contributed by atoms with van der Waals surface area (Å²) in [4.78, 5) is 12.0. The third-order valence-electron chi connectivity index (χ3n) is 3.80. The molecule has 0 heterocycles. The highest BCUT2D eigenvalue weighted by molar-refractivity contribution is 6.30. The molecule has 0 saturated carbocycles. The van der Waals surface area contributed by atoms with Gasteiger partial charge in [-0.2, -0.15) is 0 Å². The van der Waals surface area contributed by atoms with Crippen LogP contribution in [-0.4, -0.2) is 5.91 Å². The van der Waals surface area contributed by atoms with Crippen LogP contribution in [0.5, 0.6) is 5.75 Å². The Morgan fingerprint density at radius 1 is 0.963 bits per heavy atom. The fourth-order valence-corrected chi connectivity index (χ4v) is 2.47. The normalized spacial score (nSPS) is 10.7. The number of nitrogens with two attached hydrogens (primary N) is 1. The summed E-state index contributed by atoms with van der Waals surface area (Å²) in [6.45, 7) is 0.452. The third-order valence-corrected chi connectivity index (χ3v) is 4.06. The smallest absolute Gasteiger partial charge is 0.248 e. The Kier molecular flexibility index (Phi) is 6.13. The molecule has 0 aromatic heterocycles. The van der Waals surface area contributed by atoms with Crippen LogP contribution in [0.3, 0.4) is 0 Å². The highest BCUT2D eigenvalue weighted by Crippen LogP contribution is 2.18. The molecule has 5 heteroatoms. The number of benzene rings is 3. The van der Waals surface area contributed by atoms with Gasteiger partial charge < -0.3 is 15.8 Å². The Bertz CT molecular complexity index is 918. The van der Waals surface area contributed by atoms with Crippen molar-refractivity contribution in [1.82, 2.24) is 0 Å². The van der Waals surface area contributed by atoms with Crippen molar-refractivity contribution in [3.05, 3.63) is 95.0 Å². The predicted octanol–water partition coefficient (Wildman–Crippen LogP) is 5.15. The Balaban J connectivity index is 1.51. The van der Waals surface area contributed by atoms with Crippen molar-refractivity contribution in [1.29, 1.82) is 0 Å². The lowest BCUT2D eigenvalue weighted by atomic mass is 10.2. The van der Waals surface area contributed by atoms with Crippen molar-refractivity contribution in [2.45, 2.75) is 6.61 Å². The van der Waals surface area contributed by atoms with E-state index in [1.165, 1.54) is 6.08 Å². The van der Waals surface area contributed by atoms with Crippen LogP contribution in [0.25, 0.3) is 6.08 Å². The molecule has 0 bridgehead atoms. The van der Waals surface area contributed by atoms with E-state index >= 15 is 0 Å². The number of rotatable bonds is 6. The molecular weight excluding hydrogens is 360 g/mol. The molecule has 3 N–H and O–H groups in total. The van der Waals surface area contributed by atoms with E-state index in [0.29, 0.717) is 23.0 Å². The van der Waals surface area contributed by atoms with Gasteiger partial charge in [0.25, 0.3) is 0 Å². The van der Waals surface area contributed by atoms with Gasteiger partial charge in [0.15, 0.2) is 0 Å². The minimum atomic E-state index is -0.207. The summed E-state index contributed by atoms with van der Waals surface area (Å²) in [6, 6.07) is 22.0. The molecule has 0 saturated heterocycles. The Hall–Kier alpha value is -3.24. The van der Waals surface area contributed by atoms with E-state index in [2.05, 4.69) is 5.32 Å². The monoisotopic (exact) mass is 378 g/mol. The van der Waals surface area contributed by atoms with Crippen LogP contribution in [0, 0.1) is 0 Å². The average molecular weight is 379 g/mol. The van der Waals surface area contributed by atoms with Crippen molar-refractivity contribution in [3.8, 4) is 5.75 Å². The first kappa shape index (κ1) is 18.5. The van der Waals surface area contributed by atoms with Gasteiger partial charge in [0.1, 0.15) is 12.4 Å². The zero-order valence-electron chi connectivity index (χ0n) is 14.6. The maximum Gasteiger partial charge on any atom is 0.248 e. The summed E-state index contributed by atoms with van der Waals surface area (Å²) < 4.78 is 5.73. The van der Waals surface area contributed by atoms with E-state index in [-0.39, 0.29) is 5.91 Å². The van der Waals surface area contributed by atoms with Crippen LogP contribution >= 0.6 is 11.6 Å². The van der Waals surface area contributed by atoms with E-state index < -0.39 is 0 Å². The van der Waals surface area contributed by atoms with Crippen LogP contribution in [-0.2, 0) is 11.4 Å². The second kappa shape index (κ2) is 8.92. The molecule has 27 heavy (non-hydrogen) atoms. The fourth-order valence-electron chi connectivity index (χ4n) is 2.34. The second-order valence-corrected chi connectivity index (χ2v) is 6.37. The number of hydrogen-bond acceptors (Lipinski definition) is 3. The van der Waals surface area contributed by atoms with Crippen molar-refractivity contribution in [3.63, 3.8) is 0 Å². The molecule has 0 radical (unpaired) electrons. The van der Waals surface area contributed by atoms with Gasteiger partial charge >= 0.3 is 0 Å². The van der Waals surface area contributed by atoms with Gasteiger partial charge in [-0.25, -0.2) is 0 Å². The van der Waals surface area contributed by atoms with Gasteiger partial charge in [-0.15, -0.1) is 0 Å². The van der Waals surface area contributed by atoms with Gasteiger partial charge in [0.05, 0.1) is 0 Å². The minimum Gasteiger partial charge on any atom is -0.489 e. The van der Waals surface area contributed by atoms with E-state index in [4.69, 9.17) is 22.1 Å². The highest BCUT2D eigenvalue weighted by Gasteiger charge is 2.00. The third kappa shape index (κ3) is 5.90. The molecule has 136 valence electrons. The number of halogens is 1. The zero-order chi connectivity index (χ0) is 19.1. The zero-order valence-corrected chi connectivity index (χ0v) is 15.3.